The minimum Gasteiger partial charge on any atom is -0.355 e. The van der Waals surface area contributed by atoms with Crippen molar-refractivity contribution in [3.05, 3.63) is 30.1 Å². The Morgan fingerprint density at radius 3 is 2.93 bits per heavy atom. The maximum Gasteiger partial charge on any atom is 0.144 e. The molecule has 1 fully saturated rings. The molecule has 2 rings (SSSR count). The van der Waals surface area contributed by atoms with Gasteiger partial charge in [-0.05, 0) is 19.9 Å². The average molecular weight is 215 g/mol. The molecule has 1 saturated heterocycles. The summed E-state index contributed by atoms with van der Waals surface area (Å²) >= 11 is 0. The predicted octanol–water partition coefficient (Wildman–Crippen LogP) is 1.68. The standard InChI is InChI=1S/C10H14N2O.ClH/c1-8-7-13-10(2,12-8)9-4-3-5-11-6-9;/h3-6,8,12H,7H2,1-2H3;1H. The molecule has 0 amide bonds. The van der Waals surface area contributed by atoms with Crippen molar-refractivity contribution >= 4 is 12.4 Å². The molecular weight excluding hydrogens is 200 g/mol. The van der Waals surface area contributed by atoms with Gasteiger partial charge in [0.25, 0.3) is 0 Å². The summed E-state index contributed by atoms with van der Waals surface area (Å²) in [5, 5.41) is 3.38. The maximum absolute atomic E-state index is 5.69. The molecule has 2 atom stereocenters. The molecule has 0 radical (unpaired) electrons. The molecule has 4 heteroatoms. The fourth-order valence-electron chi connectivity index (χ4n) is 1.66. The van der Waals surface area contributed by atoms with Crippen LogP contribution >= 0.6 is 12.4 Å². The van der Waals surface area contributed by atoms with E-state index in [-0.39, 0.29) is 18.1 Å². The summed E-state index contributed by atoms with van der Waals surface area (Å²) in [6, 6.07) is 4.36. The van der Waals surface area contributed by atoms with Gasteiger partial charge < -0.3 is 4.74 Å². The van der Waals surface area contributed by atoms with E-state index < -0.39 is 0 Å². The third kappa shape index (κ3) is 2.05. The lowest BCUT2D eigenvalue weighted by Gasteiger charge is -2.23. The van der Waals surface area contributed by atoms with E-state index in [1.807, 2.05) is 25.3 Å². The zero-order chi connectivity index (χ0) is 9.31. The molecule has 0 bridgehead atoms. The molecule has 1 aliphatic rings. The Bertz CT molecular complexity index is 293. The normalized spacial score (nSPS) is 31.1. The van der Waals surface area contributed by atoms with Crippen LogP contribution in [0.1, 0.15) is 19.4 Å². The van der Waals surface area contributed by atoms with Gasteiger partial charge >= 0.3 is 0 Å². The van der Waals surface area contributed by atoms with E-state index in [2.05, 4.69) is 17.2 Å². The van der Waals surface area contributed by atoms with Crippen LogP contribution in [0.5, 0.6) is 0 Å². The number of pyridine rings is 1. The van der Waals surface area contributed by atoms with E-state index in [1.54, 1.807) is 6.20 Å². The van der Waals surface area contributed by atoms with Crippen molar-refractivity contribution < 1.29 is 4.74 Å². The minimum absolute atomic E-state index is 0. The molecule has 0 spiro atoms. The molecule has 3 nitrogen and oxygen atoms in total. The molecular formula is C10H15ClN2O. The van der Waals surface area contributed by atoms with Crippen molar-refractivity contribution in [1.29, 1.82) is 0 Å². The van der Waals surface area contributed by atoms with Crippen LogP contribution in [0.3, 0.4) is 0 Å². The number of hydrogen-bond donors (Lipinski definition) is 1. The minimum atomic E-state index is -0.353. The second-order valence-electron chi connectivity index (χ2n) is 3.63. The van der Waals surface area contributed by atoms with Crippen molar-refractivity contribution in [2.75, 3.05) is 6.61 Å². The number of aromatic nitrogens is 1. The highest BCUT2D eigenvalue weighted by molar-refractivity contribution is 5.85. The summed E-state index contributed by atoms with van der Waals surface area (Å²) in [5.41, 5.74) is 0.729. The van der Waals surface area contributed by atoms with Crippen molar-refractivity contribution in [2.24, 2.45) is 0 Å². The second-order valence-corrected chi connectivity index (χ2v) is 3.63. The number of hydrogen-bond acceptors (Lipinski definition) is 3. The number of rotatable bonds is 1. The summed E-state index contributed by atoms with van der Waals surface area (Å²) in [6.07, 6.45) is 3.61. The Labute approximate surface area is 90.3 Å². The Balaban J connectivity index is 0.000000980. The van der Waals surface area contributed by atoms with Crippen LogP contribution in [0.15, 0.2) is 24.5 Å². The summed E-state index contributed by atoms with van der Waals surface area (Å²) in [7, 11) is 0. The van der Waals surface area contributed by atoms with Crippen LogP contribution in [0, 0.1) is 0 Å². The quantitative estimate of drug-likeness (QED) is 0.773. The molecule has 14 heavy (non-hydrogen) atoms. The van der Waals surface area contributed by atoms with Crippen LogP contribution in [0.25, 0.3) is 0 Å². The first-order chi connectivity index (χ1) is 6.21. The monoisotopic (exact) mass is 214 g/mol. The maximum atomic E-state index is 5.69. The fraction of sp³-hybridized carbons (Fsp3) is 0.500. The molecule has 1 N–H and O–H groups in total. The van der Waals surface area contributed by atoms with Gasteiger partial charge in [-0.1, -0.05) is 6.07 Å². The van der Waals surface area contributed by atoms with Gasteiger partial charge in [0.05, 0.1) is 6.61 Å². The Hall–Kier alpha value is -0.640. The molecule has 1 aromatic rings. The van der Waals surface area contributed by atoms with Gasteiger partial charge in [-0.25, -0.2) is 0 Å². The lowest BCUT2D eigenvalue weighted by Crippen LogP contribution is -2.37. The third-order valence-corrected chi connectivity index (χ3v) is 2.36. The fourth-order valence-corrected chi connectivity index (χ4v) is 1.66. The molecule has 0 aliphatic carbocycles. The SMILES string of the molecule is CC1COC(C)(c2cccnc2)N1.Cl. The van der Waals surface area contributed by atoms with E-state index in [9.17, 15) is 0 Å². The first-order valence-corrected chi connectivity index (χ1v) is 4.53. The predicted molar refractivity (Wildman–Crippen MR) is 57.4 cm³/mol. The van der Waals surface area contributed by atoms with Crippen LogP contribution in [-0.4, -0.2) is 17.6 Å². The van der Waals surface area contributed by atoms with Crippen LogP contribution in [0.4, 0.5) is 0 Å². The first-order valence-electron chi connectivity index (χ1n) is 4.53. The number of nitrogens with zero attached hydrogens (tertiary/aromatic N) is 1. The summed E-state index contributed by atoms with van der Waals surface area (Å²) in [5.74, 6) is 0. The van der Waals surface area contributed by atoms with E-state index in [0.29, 0.717) is 6.04 Å². The highest BCUT2D eigenvalue weighted by atomic mass is 35.5. The highest BCUT2D eigenvalue weighted by Crippen LogP contribution is 2.26. The summed E-state index contributed by atoms with van der Waals surface area (Å²) < 4.78 is 5.69. The molecule has 2 unspecified atom stereocenters. The number of nitrogens with one attached hydrogen (secondary N) is 1. The second kappa shape index (κ2) is 4.26. The Kier molecular flexibility index (Phi) is 3.48. The highest BCUT2D eigenvalue weighted by Gasteiger charge is 2.34. The molecule has 0 saturated carbocycles. The summed E-state index contributed by atoms with van der Waals surface area (Å²) in [6.45, 7) is 4.90. The molecule has 0 aromatic carbocycles. The number of halogens is 1. The van der Waals surface area contributed by atoms with Gasteiger partial charge in [0.1, 0.15) is 5.72 Å². The zero-order valence-corrected chi connectivity index (χ0v) is 9.17. The van der Waals surface area contributed by atoms with Crippen molar-refractivity contribution in [2.45, 2.75) is 25.6 Å². The zero-order valence-electron chi connectivity index (χ0n) is 8.36. The van der Waals surface area contributed by atoms with Crippen molar-refractivity contribution in [3.63, 3.8) is 0 Å². The van der Waals surface area contributed by atoms with Gasteiger partial charge in [-0.15, -0.1) is 12.4 Å². The lowest BCUT2D eigenvalue weighted by atomic mass is 10.1. The van der Waals surface area contributed by atoms with Gasteiger partial charge in [0.2, 0.25) is 0 Å². The average Bonchev–Trinajstić information content (AvgIpc) is 2.49. The van der Waals surface area contributed by atoms with Gasteiger partial charge in [0, 0.05) is 24.0 Å². The lowest BCUT2D eigenvalue weighted by molar-refractivity contribution is 0.00210. The van der Waals surface area contributed by atoms with E-state index >= 15 is 0 Å². The van der Waals surface area contributed by atoms with E-state index in [0.717, 1.165) is 12.2 Å². The molecule has 1 aliphatic heterocycles. The smallest absolute Gasteiger partial charge is 0.144 e. The van der Waals surface area contributed by atoms with Crippen molar-refractivity contribution in [1.82, 2.24) is 10.3 Å². The van der Waals surface area contributed by atoms with Crippen LogP contribution in [-0.2, 0) is 10.5 Å². The van der Waals surface area contributed by atoms with Crippen molar-refractivity contribution in [3.8, 4) is 0 Å². The van der Waals surface area contributed by atoms with Gasteiger partial charge in [0.15, 0.2) is 0 Å². The Morgan fingerprint density at radius 2 is 2.43 bits per heavy atom. The van der Waals surface area contributed by atoms with Crippen LogP contribution < -0.4 is 5.32 Å². The van der Waals surface area contributed by atoms with E-state index in [1.165, 1.54) is 0 Å². The van der Waals surface area contributed by atoms with E-state index in [4.69, 9.17) is 4.74 Å². The van der Waals surface area contributed by atoms with Crippen LogP contribution in [0.2, 0.25) is 0 Å². The number of ether oxygens (including phenoxy) is 1. The Morgan fingerprint density at radius 1 is 1.64 bits per heavy atom. The summed E-state index contributed by atoms with van der Waals surface area (Å²) in [4.78, 5) is 4.08. The molecule has 1 aromatic heterocycles. The van der Waals surface area contributed by atoms with Gasteiger partial charge in [-0.3, -0.25) is 10.3 Å². The molecule has 78 valence electrons. The third-order valence-electron chi connectivity index (χ3n) is 2.36. The topological polar surface area (TPSA) is 34.1 Å². The first kappa shape index (κ1) is 11.4. The van der Waals surface area contributed by atoms with Gasteiger partial charge in [-0.2, -0.15) is 0 Å². The molecule has 2 heterocycles. The largest absolute Gasteiger partial charge is 0.355 e.